The van der Waals surface area contributed by atoms with Crippen molar-refractivity contribution >= 4 is 0 Å². The highest BCUT2D eigenvalue weighted by Crippen LogP contribution is 2.36. The summed E-state index contributed by atoms with van der Waals surface area (Å²) >= 11 is 0. The molecule has 0 rings (SSSR count). The van der Waals surface area contributed by atoms with E-state index in [1.807, 2.05) is 0 Å². The number of hydrogen-bond acceptors (Lipinski definition) is 4. The Labute approximate surface area is 341 Å². The summed E-state index contributed by atoms with van der Waals surface area (Å²) in [6.45, 7) is 22.3. The molecule has 0 amide bonds. The maximum atomic E-state index is 5.62. The highest BCUT2D eigenvalue weighted by atomic mass is 15.2. The number of unbranched alkanes of at least 4 members (excludes halogenated alkanes) is 25. The third-order valence-corrected chi connectivity index (χ3v) is 12.4. The molecule has 0 bridgehead atoms. The summed E-state index contributed by atoms with van der Waals surface area (Å²) in [4.78, 5) is 2.89. The van der Waals surface area contributed by atoms with Crippen LogP contribution in [-0.2, 0) is 0 Å². The second-order valence-corrected chi connectivity index (χ2v) is 18.1. The Bertz CT molecular complexity index is 745. The lowest BCUT2D eigenvalue weighted by Crippen LogP contribution is -2.57. The molecule has 4 nitrogen and oxygen atoms in total. The van der Waals surface area contributed by atoms with E-state index in [1.54, 1.807) is 0 Å². The number of hydrogen-bond donors (Lipinski definition) is 3. The van der Waals surface area contributed by atoms with Gasteiger partial charge in [-0.25, -0.2) is 0 Å². The van der Waals surface area contributed by atoms with Crippen LogP contribution in [0.1, 0.15) is 241 Å². The first-order chi connectivity index (χ1) is 26.3. The molecule has 322 valence electrons. The molecular weight excluding hydrogens is 657 g/mol. The summed E-state index contributed by atoms with van der Waals surface area (Å²) in [6.07, 6.45) is 51.9. The first-order valence-corrected chi connectivity index (χ1v) is 24.5. The normalized spacial score (nSPS) is 12.7. The van der Waals surface area contributed by atoms with E-state index in [9.17, 15) is 0 Å². The SMILES string of the molecule is CCCCCCCCC=CCCCCCCCCN(CCCCCCCCC=CCCCCCCCC)C(C)(C)C(C)(C)CNCCCCNCCCN. The van der Waals surface area contributed by atoms with Crippen molar-refractivity contribution in [1.29, 1.82) is 0 Å². The van der Waals surface area contributed by atoms with Crippen LogP contribution in [0.5, 0.6) is 0 Å². The Morgan fingerprint density at radius 3 is 1.13 bits per heavy atom. The molecule has 0 spiro atoms. The molecule has 0 aliphatic heterocycles. The molecule has 0 aromatic rings. The maximum Gasteiger partial charge on any atom is 0.0216 e. The van der Waals surface area contributed by atoms with Crippen molar-refractivity contribution in [1.82, 2.24) is 15.5 Å². The van der Waals surface area contributed by atoms with Crippen molar-refractivity contribution in [2.75, 3.05) is 45.8 Å². The number of allylic oxidation sites excluding steroid dienone is 4. The van der Waals surface area contributed by atoms with E-state index in [-0.39, 0.29) is 11.0 Å². The van der Waals surface area contributed by atoms with Crippen LogP contribution in [0, 0.1) is 5.41 Å². The van der Waals surface area contributed by atoms with Gasteiger partial charge in [-0.3, -0.25) is 4.90 Å². The zero-order valence-corrected chi connectivity index (χ0v) is 38.2. The van der Waals surface area contributed by atoms with Gasteiger partial charge in [-0.05, 0) is 142 Å². The maximum absolute atomic E-state index is 5.62. The molecule has 0 fully saturated rings. The summed E-state index contributed by atoms with van der Waals surface area (Å²) in [6, 6.07) is 0. The Hall–Kier alpha value is -0.680. The highest BCUT2D eigenvalue weighted by molar-refractivity contribution is 4.96. The van der Waals surface area contributed by atoms with E-state index in [0.717, 1.165) is 39.1 Å². The molecule has 0 saturated carbocycles. The minimum absolute atomic E-state index is 0.160. The molecule has 0 aromatic heterocycles. The fourth-order valence-electron chi connectivity index (χ4n) is 7.67. The summed E-state index contributed by atoms with van der Waals surface area (Å²) in [5, 5.41) is 7.38. The van der Waals surface area contributed by atoms with Crippen LogP contribution in [0.2, 0.25) is 0 Å². The van der Waals surface area contributed by atoms with Gasteiger partial charge in [0, 0.05) is 12.1 Å². The van der Waals surface area contributed by atoms with Gasteiger partial charge >= 0.3 is 0 Å². The molecule has 0 saturated heterocycles. The van der Waals surface area contributed by atoms with Crippen molar-refractivity contribution in [2.45, 2.75) is 246 Å². The molecule has 54 heavy (non-hydrogen) atoms. The van der Waals surface area contributed by atoms with Crippen LogP contribution < -0.4 is 16.4 Å². The molecule has 0 atom stereocenters. The number of rotatable bonds is 44. The zero-order chi connectivity index (χ0) is 39.7. The summed E-state index contributed by atoms with van der Waals surface area (Å²) in [5.41, 5.74) is 5.99. The van der Waals surface area contributed by atoms with Crippen molar-refractivity contribution in [2.24, 2.45) is 11.1 Å². The van der Waals surface area contributed by atoms with Gasteiger partial charge in [-0.15, -0.1) is 0 Å². The van der Waals surface area contributed by atoms with Crippen LogP contribution >= 0.6 is 0 Å². The Morgan fingerprint density at radius 2 is 0.741 bits per heavy atom. The lowest BCUT2D eigenvalue weighted by Gasteiger charge is -2.50. The van der Waals surface area contributed by atoms with Crippen LogP contribution in [0.15, 0.2) is 24.3 Å². The molecule has 0 unspecified atom stereocenters. The van der Waals surface area contributed by atoms with E-state index in [0.29, 0.717) is 0 Å². The lowest BCUT2D eigenvalue weighted by molar-refractivity contribution is 0.00841. The fraction of sp³-hybridized carbons (Fsp3) is 0.920. The standard InChI is InChI=1S/C50H102N4/c1-7-9-11-13-15-17-19-21-23-25-27-29-31-33-35-39-46-54(50(5,6)49(3,4)48-53-44-38-37-43-52-45-41-42-51)47-40-36-34-32-30-28-26-24-22-20-18-16-14-12-10-8-2/h21-24,52-53H,7-20,25-48,51H2,1-6H3. The summed E-state index contributed by atoms with van der Waals surface area (Å²) < 4.78 is 0. The number of nitrogens with one attached hydrogen (secondary N) is 2. The largest absolute Gasteiger partial charge is 0.330 e. The topological polar surface area (TPSA) is 53.3 Å². The minimum Gasteiger partial charge on any atom is -0.330 e. The molecule has 0 radical (unpaired) electrons. The first-order valence-electron chi connectivity index (χ1n) is 24.5. The number of nitrogens with two attached hydrogens (primary N) is 1. The number of nitrogens with zero attached hydrogens (tertiary/aromatic N) is 1. The monoisotopic (exact) mass is 759 g/mol. The van der Waals surface area contributed by atoms with Gasteiger partial charge in [0.05, 0.1) is 0 Å². The molecule has 0 aliphatic carbocycles. The Morgan fingerprint density at radius 1 is 0.407 bits per heavy atom. The molecule has 4 N–H and O–H groups in total. The van der Waals surface area contributed by atoms with E-state index < -0.39 is 0 Å². The van der Waals surface area contributed by atoms with Gasteiger partial charge < -0.3 is 16.4 Å². The third-order valence-electron chi connectivity index (χ3n) is 12.4. The van der Waals surface area contributed by atoms with Gasteiger partial charge in [-0.2, -0.15) is 0 Å². The van der Waals surface area contributed by atoms with Crippen LogP contribution in [0.25, 0.3) is 0 Å². The van der Waals surface area contributed by atoms with E-state index in [2.05, 4.69) is 81.4 Å². The van der Waals surface area contributed by atoms with Gasteiger partial charge in [0.2, 0.25) is 0 Å². The van der Waals surface area contributed by atoms with Crippen LogP contribution in [0.4, 0.5) is 0 Å². The van der Waals surface area contributed by atoms with Crippen molar-refractivity contribution < 1.29 is 0 Å². The Kier molecular flexibility index (Phi) is 40.0. The third kappa shape index (κ3) is 33.5. The second-order valence-electron chi connectivity index (χ2n) is 18.1. The van der Waals surface area contributed by atoms with E-state index >= 15 is 0 Å². The average Bonchev–Trinajstić information content (AvgIpc) is 3.15. The van der Waals surface area contributed by atoms with Crippen LogP contribution in [0.3, 0.4) is 0 Å². The van der Waals surface area contributed by atoms with Gasteiger partial charge in [0.25, 0.3) is 0 Å². The fourth-order valence-corrected chi connectivity index (χ4v) is 7.67. The van der Waals surface area contributed by atoms with E-state index in [1.165, 1.54) is 206 Å². The predicted octanol–water partition coefficient (Wildman–Crippen LogP) is 14.5. The van der Waals surface area contributed by atoms with Crippen molar-refractivity contribution in [3.8, 4) is 0 Å². The van der Waals surface area contributed by atoms with Gasteiger partial charge in [0.1, 0.15) is 0 Å². The van der Waals surface area contributed by atoms with Gasteiger partial charge in [0.15, 0.2) is 0 Å². The van der Waals surface area contributed by atoms with Crippen LogP contribution in [-0.4, -0.2) is 56.3 Å². The highest BCUT2D eigenvalue weighted by Gasteiger charge is 2.40. The first kappa shape index (κ1) is 53.3. The molecule has 0 aliphatic rings. The summed E-state index contributed by atoms with van der Waals surface area (Å²) in [7, 11) is 0. The lowest BCUT2D eigenvalue weighted by atomic mass is 9.73. The molecule has 0 heterocycles. The molecular formula is C50H102N4. The molecule has 4 heteroatoms. The smallest absolute Gasteiger partial charge is 0.0216 e. The zero-order valence-electron chi connectivity index (χ0n) is 38.2. The quantitative estimate of drug-likeness (QED) is 0.0428. The van der Waals surface area contributed by atoms with E-state index in [4.69, 9.17) is 5.73 Å². The second kappa shape index (κ2) is 40.5. The van der Waals surface area contributed by atoms with Crippen molar-refractivity contribution in [3.63, 3.8) is 0 Å². The molecule has 0 aromatic carbocycles. The predicted molar refractivity (Wildman–Crippen MR) is 247 cm³/mol. The van der Waals surface area contributed by atoms with Crippen molar-refractivity contribution in [3.05, 3.63) is 24.3 Å². The average molecular weight is 759 g/mol. The minimum atomic E-state index is 0.160. The summed E-state index contributed by atoms with van der Waals surface area (Å²) in [5.74, 6) is 0. The Balaban J connectivity index is 4.51. The van der Waals surface area contributed by atoms with Gasteiger partial charge in [-0.1, -0.05) is 168 Å².